The molecule has 2 aromatic heterocycles. The van der Waals surface area contributed by atoms with E-state index in [-0.39, 0.29) is 5.75 Å². The molecule has 11 heteroatoms. The number of nitrogens with zero attached hydrogens (tertiary/aromatic N) is 4. The van der Waals surface area contributed by atoms with Crippen LogP contribution in [-0.2, 0) is 16.1 Å². The van der Waals surface area contributed by atoms with Gasteiger partial charge < -0.3 is 30.7 Å². The Labute approximate surface area is 171 Å². The highest BCUT2D eigenvalue weighted by Gasteiger charge is 2.47. The van der Waals surface area contributed by atoms with Gasteiger partial charge in [0.15, 0.2) is 29.3 Å². The van der Waals surface area contributed by atoms with Gasteiger partial charge in [0, 0.05) is 13.1 Å². The van der Waals surface area contributed by atoms with Gasteiger partial charge in [0.1, 0.15) is 24.3 Å². The molecule has 1 aliphatic heterocycles. The van der Waals surface area contributed by atoms with E-state index in [2.05, 4.69) is 25.6 Å². The summed E-state index contributed by atoms with van der Waals surface area (Å²) in [5.74, 6) is 0.159. The molecule has 3 aromatic rings. The summed E-state index contributed by atoms with van der Waals surface area (Å²) in [5, 5.41) is 35.8. The molecule has 0 radical (unpaired) electrons. The Morgan fingerprint density at radius 2 is 1.93 bits per heavy atom. The molecule has 4 atom stereocenters. The number of phenolic OH excluding ortho intramolecular Hbond substituents is 1. The lowest BCUT2D eigenvalue weighted by molar-refractivity contribution is -0.137. The average Bonchev–Trinajstić information content (AvgIpc) is 3.29. The van der Waals surface area contributed by atoms with E-state index in [0.717, 1.165) is 5.56 Å². The molecule has 158 valence electrons. The normalized spacial score (nSPS) is 23.6. The number of ether oxygens (including phenoxy) is 1. The van der Waals surface area contributed by atoms with E-state index in [4.69, 9.17) is 4.74 Å². The molecule has 0 saturated carbocycles. The van der Waals surface area contributed by atoms with Gasteiger partial charge in [-0.3, -0.25) is 9.36 Å². The van der Waals surface area contributed by atoms with Crippen LogP contribution in [0.4, 0.5) is 5.82 Å². The van der Waals surface area contributed by atoms with Crippen molar-refractivity contribution >= 4 is 22.9 Å². The zero-order chi connectivity index (χ0) is 21.3. The van der Waals surface area contributed by atoms with Gasteiger partial charge in [-0.2, -0.15) is 0 Å². The monoisotopic (exact) mass is 414 g/mol. The van der Waals surface area contributed by atoms with E-state index in [0.29, 0.717) is 30.1 Å². The zero-order valence-electron chi connectivity index (χ0n) is 16.1. The van der Waals surface area contributed by atoms with Gasteiger partial charge in [-0.05, 0) is 24.6 Å². The average molecular weight is 414 g/mol. The quantitative estimate of drug-likeness (QED) is 0.372. The van der Waals surface area contributed by atoms with Crippen LogP contribution in [0, 0.1) is 0 Å². The summed E-state index contributed by atoms with van der Waals surface area (Å²) in [6.45, 7) is 2.57. The molecule has 11 nitrogen and oxygen atoms in total. The highest BCUT2D eigenvalue weighted by molar-refractivity contribution is 5.83. The Hall–Kier alpha value is -3.28. The minimum Gasteiger partial charge on any atom is -0.508 e. The van der Waals surface area contributed by atoms with Gasteiger partial charge in [0.05, 0.1) is 6.33 Å². The standard InChI is InChI=1S/C19H22N6O5/c1-2-20-18(29)15-13(27)14(28)19(30-15)25-9-24-12-16(22-8-23-17(12)25)21-7-10-3-5-11(26)6-4-10/h3-6,8-9,13-15,19,26-28H,2,7H2,1H3,(H,20,29)(H,21,22,23)/t13-,14+,15+,19-/m1/s1. The molecule has 1 fully saturated rings. The summed E-state index contributed by atoms with van der Waals surface area (Å²) >= 11 is 0. The number of anilines is 1. The zero-order valence-corrected chi connectivity index (χ0v) is 16.1. The van der Waals surface area contributed by atoms with Crippen molar-refractivity contribution in [3.63, 3.8) is 0 Å². The highest BCUT2D eigenvalue weighted by atomic mass is 16.6. The van der Waals surface area contributed by atoms with Crippen molar-refractivity contribution in [1.29, 1.82) is 0 Å². The lowest BCUT2D eigenvalue weighted by atomic mass is 10.1. The molecule has 0 bridgehead atoms. The van der Waals surface area contributed by atoms with Gasteiger partial charge in [-0.25, -0.2) is 15.0 Å². The summed E-state index contributed by atoms with van der Waals surface area (Å²) < 4.78 is 7.11. The fourth-order valence-electron chi connectivity index (χ4n) is 3.35. The number of carbonyl (C=O) groups is 1. The lowest BCUT2D eigenvalue weighted by Crippen LogP contribution is -2.42. The number of fused-ring (bicyclic) bond motifs is 1. The Bertz CT molecular complexity index is 1040. The number of hydrogen-bond donors (Lipinski definition) is 5. The van der Waals surface area contributed by atoms with Crippen LogP contribution in [0.25, 0.3) is 11.2 Å². The molecule has 5 N–H and O–H groups in total. The van der Waals surface area contributed by atoms with Crippen LogP contribution in [0.3, 0.4) is 0 Å². The Balaban J connectivity index is 1.57. The second-order valence-corrected chi connectivity index (χ2v) is 6.89. The summed E-state index contributed by atoms with van der Waals surface area (Å²) in [6, 6.07) is 6.75. The van der Waals surface area contributed by atoms with E-state index in [1.807, 2.05) is 0 Å². The number of nitrogens with one attached hydrogen (secondary N) is 2. The van der Waals surface area contributed by atoms with Crippen LogP contribution in [0.15, 0.2) is 36.9 Å². The Morgan fingerprint density at radius 1 is 1.17 bits per heavy atom. The molecule has 3 heterocycles. The van der Waals surface area contributed by atoms with Crippen molar-refractivity contribution in [2.75, 3.05) is 11.9 Å². The van der Waals surface area contributed by atoms with Crippen LogP contribution in [0.1, 0.15) is 18.7 Å². The molecule has 0 aliphatic carbocycles. The van der Waals surface area contributed by atoms with E-state index in [1.54, 1.807) is 31.2 Å². The number of amides is 1. The van der Waals surface area contributed by atoms with Crippen molar-refractivity contribution in [3.05, 3.63) is 42.5 Å². The second kappa shape index (κ2) is 8.22. The summed E-state index contributed by atoms with van der Waals surface area (Å²) in [5.41, 5.74) is 1.76. The predicted octanol–water partition coefficient (Wildman–Crippen LogP) is -0.101. The van der Waals surface area contributed by atoms with Crippen molar-refractivity contribution in [3.8, 4) is 5.75 Å². The number of aliphatic hydroxyl groups is 2. The topological polar surface area (TPSA) is 155 Å². The summed E-state index contributed by atoms with van der Waals surface area (Å²) in [7, 11) is 0. The maximum Gasteiger partial charge on any atom is 0.252 e. The van der Waals surface area contributed by atoms with Gasteiger partial charge >= 0.3 is 0 Å². The SMILES string of the molecule is CCNC(=O)[C@H]1O[C@@H](n2cnc3c(NCc4ccc(O)cc4)ncnc32)[C@@H](O)[C@H]1O. The first kappa shape index (κ1) is 20.0. The molecule has 4 rings (SSSR count). The first-order valence-electron chi connectivity index (χ1n) is 9.48. The van der Waals surface area contributed by atoms with Gasteiger partial charge in [0.25, 0.3) is 5.91 Å². The Morgan fingerprint density at radius 3 is 2.67 bits per heavy atom. The number of imidazole rings is 1. The molecule has 1 aromatic carbocycles. The van der Waals surface area contributed by atoms with Crippen LogP contribution in [0.5, 0.6) is 5.75 Å². The van der Waals surface area contributed by atoms with E-state index in [1.165, 1.54) is 17.2 Å². The molecule has 1 amide bonds. The summed E-state index contributed by atoms with van der Waals surface area (Å²) in [4.78, 5) is 24.8. The third-order valence-corrected chi connectivity index (χ3v) is 4.88. The largest absolute Gasteiger partial charge is 0.508 e. The Kier molecular flexibility index (Phi) is 5.48. The summed E-state index contributed by atoms with van der Waals surface area (Å²) in [6.07, 6.45) is -2.18. The number of hydrogen-bond acceptors (Lipinski definition) is 9. The number of phenols is 1. The number of aliphatic hydroxyl groups excluding tert-OH is 2. The van der Waals surface area contributed by atoms with Crippen LogP contribution >= 0.6 is 0 Å². The fourth-order valence-corrected chi connectivity index (χ4v) is 3.35. The van der Waals surface area contributed by atoms with E-state index >= 15 is 0 Å². The van der Waals surface area contributed by atoms with Gasteiger partial charge in [0.2, 0.25) is 0 Å². The fraction of sp³-hybridized carbons (Fsp3) is 0.368. The van der Waals surface area contributed by atoms with Crippen LogP contribution < -0.4 is 10.6 Å². The molecule has 0 unspecified atom stereocenters. The lowest BCUT2D eigenvalue weighted by Gasteiger charge is -2.16. The minimum atomic E-state index is -1.38. The smallest absolute Gasteiger partial charge is 0.252 e. The number of aromatic hydroxyl groups is 1. The first-order valence-corrected chi connectivity index (χ1v) is 9.48. The molecule has 30 heavy (non-hydrogen) atoms. The number of aromatic nitrogens is 4. The highest BCUT2D eigenvalue weighted by Crippen LogP contribution is 2.32. The molecule has 0 spiro atoms. The maximum absolute atomic E-state index is 12.1. The van der Waals surface area contributed by atoms with Crippen LogP contribution in [0.2, 0.25) is 0 Å². The van der Waals surface area contributed by atoms with E-state index in [9.17, 15) is 20.1 Å². The molecule has 1 aliphatic rings. The van der Waals surface area contributed by atoms with Gasteiger partial charge in [-0.15, -0.1) is 0 Å². The second-order valence-electron chi connectivity index (χ2n) is 6.89. The molecular formula is C19H22N6O5. The first-order chi connectivity index (χ1) is 14.5. The predicted molar refractivity (Wildman–Crippen MR) is 105 cm³/mol. The third kappa shape index (κ3) is 3.65. The van der Waals surface area contributed by atoms with E-state index < -0.39 is 30.4 Å². The van der Waals surface area contributed by atoms with Crippen LogP contribution in [-0.4, -0.2) is 65.6 Å². The third-order valence-electron chi connectivity index (χ3n) is 4.88. The number of carbonyl (C=O) groups excluding carboxylic acids is 1. The van der Waals surface area contributed by atoms with Crippen molar-refractivity contribution in [1.82, 2.24) is 24.8 Å². The van der Waals surface area contributed by atoms with Gasteiger partial charge in [-0.1, -0.05) is 12.1 Å². The van der Waals surface area contributed by atoms with Crippen molar-refractivity contribution in [2.45, 2.75) is 38.0 Å². The number of benzene rings is 1. The van der Waals surface area contributed by atoms with Crippen molar-refractivity contribution < 1.29 is 24.9 Å². The minimum absolute atomic E-state index is 0.185. The molecular weight excluding hydrogens is 392 g/mol. The molecule has 1 saturated heterocycles. The number of likely N-dealkylation sites (N-methyl/N-ethyl adjacent to an activating group) is 1. The van der Waals surface area contributed by atoms with Crippen molar-refractivity contribution in [2.24, 2.45) is 0 Å². The number of rotatable bonds is 6. The maximum atomic E-state index is 12.1.